The molecule has 3 nitrogen and oxygen atoms in total. The number of piperazine rings is 1. The summed E-state index contributed by atoms with van der Waals surface area (Å²) in [7, 11) is 0. The van der Waals surface area contributed by atoms with Gasteiger partial charge in [-0.1, -0.05) is 0 Å². The molecule has 0 aromatic rings. The molecule has 2 atom stereocenters. The van der Waals surface area contributed by atoms with Crippen molar-refractivity contribution in [1.82, 2.24) is 10.2 Å². The zero-order chi connectivity index (χ0) is 8.27. The van der Waals surface area contributed by atoms with Gasteiger partial charge in [0.05, 0.1) is 12.6 Å². The molecule has 11 heavy (non-hydrogen) atoms. The Hall–Kier alpha value is -0.120. The van der Waals surface area contributed by atoms with E-state index in [1.165, 1.54) is 0 Å². The predicted molar refractivity (Wildman–Crippen MR) is 45.0 cm³/mol. The molecule has 0 spiro atoms. The van der Waals surface area contributed by atoms with Crippen LogP contribution in [0.2, 0.25) is 0 Å². The Bertz CT molecular complexity index is 117. The van der Waals surface area contributed by atoms with Gasteiger partial charge in [0.1, 0.15) is 0 Å². The van der Waals surface area contributed by atoms with E-state index in [2.05, 4.69) is 17.1 Å². The van der Waals surface area contributed by atoms with Crippen LogP contribution in [0.15, 0.2) is 0 Å². The maximum atomic E-state index is 9.10. The summed E-state index contributed by atoms with van der Waals surface area (Å²) in [5.41, 5.74) is 0. The molecule has 0 aromatic carbocycles. The highest BCUT2D eigenvalue weighted by Crippen LogP contribution is 2.06. The molecule has 0 amide bonds. The summed E-state index contributed by atoms with van der Waals surface area (Å²) in [4.78, 5) is 2.20. The minimum atomic E-state index is -0.324. The third-order valence-electron chi connectivity index (χ3n) is 1.96. The van der Waals surface area contributed by atoms with Crippen molar-refractivity contribution in [3.05, 3.63) is 6.54 Å². The highest BCUT2D eigenvalue weighted by atomic mass is 16.3. The van der Waals surface area contributed by atoms with Gasteiger partial charge in [0, 0.05) is 25.7 Å². The van der Waals surface area contributed by atoms with Gasteiger partial charge in [-0.05, 0) is 13.8 Å². The summed E-state index contributed by atoms with van der Waals surface area (Å²) in [5, 5.41) is 12.4. The lowest BCUT2D eigenvalue weighted by atomic mass is 10.2. The summed E-state index contributed by atoms with van der Waals surface area (Å²) < 4.78 is 0. The van der Waals surface area contributed by atoms with Crippen molar-refractivity contribution in [2.75, 3.05) is 19.6 Å². The van der Waals surface area contributed by atoms with E-state index in [1.54, 1.807) is 6.92 Å². The first-order valence-corrected chi connectivity index (χ1v) is 4.19. The van der Waals surface area contributed by atoms with Gasteiger partial charge in [-0.2, -0.15) is 0 Å². The lowest BCUT2D eigenvalue weighted by Crippen LogP contribution is -2.49. The minimum Gasteiger partial charge on any atom is -0.392 e. The minimum absolute atomic E-state index is 0.324. The Morgan fingerprint density at radius 1 is 1.73 bits per heavy atom. The zero-order valence-electron chi connectivity index (χ0n) is 7.25. The number of nitrogens with one attached hydrogen (secondary N) is 1. The Balaban J connectivity index is 2.29. The second-order valence-electron chi connectivity index (χ2n) is 3.18. The molecule has 1 radical (unpaired) electrons. The highest BCUT2D eigenvalue weighted by molar-refractivity contribution is 4.83. The van der Waals surface area contributed by atoms with Crippen molar-refractivity contribution >= 4 is 0 Å². The van der Waals surface area contributed by atoms with Gasteiger partial charge in [0.2, 0.25) is 0 Å². The maximum Gasteiger partial charge on any atom is 0.0683 e. The van der Waals surface area contributed by atoms with E-state index in [0.29, 0.717) is 6.04 Å². The zero-order valence-corrected chi connectivity index (χ0v) is 7.25. The molecule has 0 aromatic heterocycles. The van der Waals surface area contributed by atoms with Crippen molar-refractivity contribution in [2.24, 2.45) is 0 Å². The fraction of sp³-hybridized carbons (Fsp3) is 0.875. The third-order valence-corrected chi connectivity index (χ3v) is 1.96. The fourth-order valence-corrected chi connectivity index (χ4v) is 1.36. The molecule has 1 rings (SSSR count). The van der Waals surface area contributed by atoms with Gasteiger partial charge in [-0.15, -0.1) is 0 Å². The van der Waals surface area contributed by atoms with Gasteiger partial charge in [0.15, 0.2) is 0 Å². The Morgan fingerprint density at radius 3 is 3.00 bits per heavy atom. The normalized spacial score (nSPS) is 30.3. The van der Waals surface area contributed by atoms with E-state index in [1.807, 2.05) is 6.54 Å². The van der Waals surface area contributed by atoms with Crippen LogP contribution in [0.1, 0.15) is 13.8 Å². The van der Waals surface area contributed by atoms with Crippen molar-refractivity contribution in [1.29, 1.82) is 0 Å². The molecular weight excluding hydrogens is 140 g/mol. The lowest BCUT2D eigenvalue weighted by molar-refractivity contribution is 0.133. The van der Waals surface area contributed by atoms with E-state index >= 15 is 0 Å². The highest BCUT2D eigenvalue weighted by Gasteiger charge is 2.18. The maximum absolute atomic E-state index is 9.10. The number of hydrogen-bond donors (Lipinski definition) is 2. The number of hydrogen-bond acceptors (Lipinski definition) is 3. The van der Waals surface area contributed by atoms with Crippen LogP contribution in [0, 0.1) is 6.54 Å². The number of rotatable bonds is 2. The molecule has 2 N–H and O–H groups in total. The number of nitrogens with zero attached hydrogens (tertiary/aromatic N) is 1. The molecule has 65 valence electrons. The van der Waals surface area contributed by atoms with E-state index in [0.717, 1.165) is 19.6 Å². The Kier molecular flexibility index (Phi) is 3.30. The van der Waals surface area contributed by atoms with Gasteiger partial charge in [-0.3, -0.25) is 4.90 Å². The molecule has 3 heteroatoms. The van der Waals surface area contributed by atoms with E-state index in [9.17, 15) is 0 Å². The molecule has 1 aliphatic rings. The third kappa shape index (κ3) is 2.77. The summed E-state index contributed by atoms with van der Waals surface area (Å²) in [6.45, 7) is 8.88. The summed E-state index contributed by atoms with van der Waals surface area (Å²) in [6.07, 6.45) is -0.324. The molecule has 0 aliphatic carbocycles. The van der Waals surface area contributed by atoms with Crippen LogP contribution in [0.3, 0.4) is 0 Å². The smallest absolute Gasteiger partial charge is 0.0683 e. The van der Waals surface area contributed by atoms with E-state index in [-0.39, 0.29) is 6.10 Å². The van der Waals surface area contributed by atoms with Crippen LogP contribution in [0.25, 0.3) is 0 Å². The van der Waals surface area contributed by atoms with E-state index in [4.69, 9.17) is 5.11 Å². The van der Waals surface area contributed by atoms with Crippen LogP contribution in [0.5, 0.6) is 0 Å². The van der Waals surface area contributed by atoms with Crippen LogP contribution in [0.4, 0.5) is 0 Å². The van der Waals surface area contributed by atoms with Crippen LogP contribution in [-0.4, -0.2) is 41.8 Å². The standard InChI is InChI=1S/C8H17N2O/c1-7-5-9-3-4-10(7)6-8(2)11/h6-9,11H,3-5H2,1-2H3. The predicted octanol–water partition coefficient (Wildman–Crippen LogP) is -0.177. The Morgan fingerprint density at radius 2 is 2.45 bits per heavy atom. The summed E-state index contributed by atoms with van der Waals surface area (Å²) in [6, 6.07) is 0.512. The average Bonchev–Trinajstić information content (AvgIpc) is 1.93. The van der Waals surface area contributed by atoms with Gasteiger partial charge < -0.3 is 10.4 Å². The van der Waals surface area contributed by atoms with Crippen molar-refractivity contribution < 1.29 is 5.11 Å². The summed E-state index contributed by atoms with van der Waals surface area (Å²) in [5.74, 6) is 0. The second kappa shape index (κ2) is 4.04. The number of aliphatic hydroxyl groups excluding tert-OH is 1. The monoisotopic (exact) mass is 157 g/mol. The molecule has 2 unspecified atom stereocenters. The summed E-state index contributed by atoms with van der Waals surface area (Å²) >= 11 is 0. The first-order chi connectivity index (χ1) is 5.20. The molecule has 0 bridgehead atoms. The first kappa shape index (κ1) is 8.97. The largest absolute Gasteiger partial charge is 0.392 e. The van der Waals surface area contributed by atoms with Crippen LogP contribution < -0.4 is 5.32 Å². The molecule has 0 saturated carbocycles. The van der Waals surface area contributed by atoms with Gasteiger partial charge in [-0.25, -0.2) is 0 Å². The molecule has 1 fully saturated rings. The topological polar surface area (TPSA) is 35.5 Å². The number of aliphatic hydroxyl groups is 1. The SMILES string of the molecule is CC(O)[CH]N1CCNCC1C. The van der Waals surface area contributed by atoms with Crippen molar-refractivity contribution in [3.63, 3.8) is 0 Å². The fourth-order valence-electron chi connectivity index (χ4n) is 1.36. The molecular formula is C8H17N2O. The van der Waals surface area contributed by atoms with Crippen LogP contribution >= 0.6 is 0 Å². The quantitative estimate of drug-likeness (QED) is 0.584. The van der Waals surface area contributed by atoms with Gasteiger partial charge in [0.25, 0.3) is 0 Å². The molecule has 1 aliphatic heterocycles. The first-order valence-electron chi connectivity index (χ1n) is 4.19. The van der Waals surface area contributed by atoms with Crippen molar-refractivity contribution in [3.8, 4) is 0 Å². The van der Waals surface area contributed by atoms with Gasteiger partial charge >= 0.3 is 0 Å². The average molecular weight is 157 g/mol. The molecule has 1 saturated heterocycles. The Labute approximate surface area is 68.4 Å². The second-order valence-corrected chi connectivity index (χ2v) is 3.18. The molecule has 1 heterocycles. The van der Waals surface area contributed by atoms with Crippen LogP contribution in [-0.2, 0) is 0 Å². The van der Waals surface area contributed by atoms with E-state index < -0.39 is 0 Å². The van der Waals surface area contributed by atoms with Crippen molar-refractivity contribution in [2.45, 2.75) is 26.0 Å². The lowest BCUT2D eigenvalue weighted by Gasteiger charge is -2.34.